The van der Waals surface area contributed by atoms with Crippen LogP contribution in [0.25, 0.3) is 0 Å². The second kappa shape index (κ2) is 11.3. The van der Waals surface area contributed by atoms with E-state index in [0.717, 1.165) is 43.6 Å². The normalized spacial score (nSPS) is 31.0. The van der Waals surface area contributed by atoms with E-state index in [0.29, 0.717) is 19.6 Å². The van der Waals surface area contributed by atoms with Gasteiger partial charge in [-0.1, -0.05) is 33.1 Å². The quantitative estimate of drug-likeness (QED) is 0.399. The third kappa shape index (κ3) is 7.96. The van der Waals surface area contributed by atoms with E-state index < -0.39 is 0 Å². The SMILES string of the molecule is CC1CC2CC(C1)CC(C)(COC(=O)CCCCCCCNCCO)C2. The molecule has 2 aliphatic carbocycles. The Kier molecular flexibility index (Phi) is 9.41. The highest BCUT2D eigenvalue weighted by Crippen LogP contribution is 2.50. The zero-order valence-corrected chi connectivity index (χ0v) is 17.1. The summed E-state index contributed by atoms with van der Waals surface area (Å²) in [6.07, 6.45) is 12.8. The molecule has 0 amide bonds. The van der Waals surface area contributed by atoms with E-state index in [1.807, 2.05) is 0 Å². The van der Waals surface area contributed by atoms with Crippen LogP contribution in [-0.2, 0) is 9.53 Å². The molecule has 4 nitrogen and oxygen atoms in total. The molecule has 2 atom stereocenters. The summed E-state index contributed by atoms with van der Waals surface area (Å²) in [5.41, 5.74) is 0.213. The molecule has 2 aliphatic rings. The van der Waals surface area contributed by atoms with Crippen molar-refractivity contribution in [1.82, 2.24) is 5.32 Å². The molecule has 2 fully saturated rings. The van der Waals surface area contributed by atoms with Crippen molar-refractivity contribution in [3.63, 3.8) is 0 Å². The number of hydrogen-bond donors (Lipinski definition) is 2. The number of carbonyl (C=O) groups is 1. The molecule has 2 rings (SSSR count). The lowest BCUT2D eigenvalue weighted by Gasteiger charge is -2.46. The van der Waals surface area contributed by atoms with Crippen LogP contribution in [0.4, 0.5) is 0 Å². The van der Waals surface area contributed by atoms with Crippen LogP contribution in [0.5, 0.6) is 0 Å². The Morgan fingerprint density at radius 3 is 2.38 bits per heavy atom. The van der Waals surface area contributed by atoms with E-state index in [4.69, 9.17) is 9.84 Å². The fourth-order valence-electron chi connectivity index (χ4n) is 5.41. The van der Waals surface area contributed by atoms with Gasteiger partial charge in [0, 0.05) is 18.4 Å². The zero-order valence-electron chi connectivity index (χ0n) is 17.1. The highest BCUT2D eigenvalue weighted by molar-refractivity contribution is 5.69. The van der Waals surface area contributed by atoms with Gasteiger partial charge in [0.05, 0.1) is 13.2 Å². The standard InChI is InChI=1S/C22H41NO3/c1-18-12-19-14-20(13-18)16-22(2,15-19)17-26-21(25)8-6-4-3-5-7-9-23-10-11-24/h18-20,23-24H,3-17H2,1-2H3. The maximum atomic E-state index is 12.1. The van der Waals surface area contributed by atoms with Gasteiger partial charge < -0.3 is 15.2 Å². The van der Waals surface area contributed by atoms with Gasteiger partial charge in [-0.25, -0.2) is 0 Å². The Balaban J connectivity index is 1.51. The van der Waals surface area contributed by atoms with Gasteiger partial charge in [0.15, 0.2) is 0 Å². The number of carbonyl (C=O) groups excluding carboxylic acids is 1. The molecule has 152 valence electrons. The van der Waals surface area contributed by atoms with Gasteiger partial charge in [0.1, 0.15) is 0 Å². The van der Waals surface area contributed by atoms with E-state index in [9.17, 15) is 4.79 Å². The van der Waals surface area contributed by atoms with Crippen LogP contribution in [0.2, 0.25) is 0 Å². The van der Waals surface area contributed by atoms with Crippen molar-refractivity contribution in [3.05, 3.63) is 0 Å². The van der Waals surface area contributed by atoms with E-state index >= 15 is 0 Å². The van der Waals surface area contributed by atoms with Crippen molar-refractivity contribution in [1.29, 1.82) is 0 Å². The molecule has 2 unspecified atom stereocenters. The number of ether oxygens (including phenoxy) is 1. The van der Waals surface area contributed by atoms with E-state index in [1.165, 1.54) is 44.9 Å². The molecule has 0 spiro atoms. The number of aliphatic hydroxyl groups is 1. The van der Waals surface area contributed by atoms with Crippen LogP contribution in [0.1, 0.15) is 84.5 Å². The van der Waals surface area contributed by atoms with Crippen molar-refractivity contribution in [3.8, 4) is 0 Å². The smallest absolute Gasteiger partial charge is 0.305 e. The van der Waals surface area contributed by atoms with E-state index in [2.05, 4.69) is 19.2 Å². The lowest BCUT2D eigenvalue weighted by Crippen LogP contribution is -2.39. The predicted octanol–water partition coefficient (Wildman–Crippen LogP) is 4.30. The number of esters is 1. The first-order chi connectivity index (χ1) is 12.5. The highest BCUT2D eigenvalue weighted by atomic mass is 16.5. The molecule has 0 aromatic heterocycles. The molecular formula is C22H41NO3. The summed E-state index contributed by atoms with van der Waals surface area (Å²) in [4.78, 5) is 12.1. The average Bonchev–Trinajstić information content (AvgIpc) is 2.57. The number of rotatable bonds is 12. The first kappa shape index (κ1) is 21.7. The minimum absolute atomic E-state index is 0.0000570. The second-order valence-electron chi connectivity index (χ2n) is 9.42. The molecule has 2 N–H and O–H groups in total. The van der Waals surface area contributed by atoms with Gasteiger partial charge in [-0.15, -0.1) is 0 Å². The molecule has 26 heavy (non-hydrogen) atoms. The van der Waals surface area contributed by atoms with Crippen molar-refractivity contribution in [2.45, 2.75) is 84.5 Å². The maximum absolute atomic E-state index is 12.1. The molecule has 0 saturated heterocycles. The molecule has 2 bridgehead atoms. The molecule has 0 heterocycles. The first-order valence-electron chi connectivity index (χ1n) is 11.0. The average molecular weight is 368 g/mol. The fourth-order valence-corrected chi connectivity index (χ4v) is 5.41. The molecule has 0 aromatic rings. The number of unbranched alkanes of at least 4 members (excludes halogenated alkanes) is 4. The summed E-state index contributed by atoms with van der Waals surface area (Å²) in [5, 5.41) is 11.9. The topological polar surface area (TPSA) is 58.6 Å². The molecular weight excluding hydrogens is 326 g/mol. The highest BCUT2D eigenvalue weighted by Gasteiger charge is 2.41. The first-order valence-corrected chi connectivity index (χ1v) is 11.0. The van der Waals surface area contributed by atoms with Crippen LogP contribution < -0.4 is 5.32 Å². The fraction of sp³-hybridized carbons (Fsp3) is 0.955. The van der Waals surface area contributed by atoms with Crippen LogP contribution >= 0.6 is 0 Å². The second-order valence-corrected chi connectivity index (χ2v) is 9.42. The zero-order chi connectivity index (χ0) is 18.8. The van der Waals surface area contributed by atoms with Crippen molar-refractivity contribution in [2.75, 3.05) is 26.3 Å². The molecule has 4 heteroatoms. The van der Waals surface area contributed by atoms with Crippen LogP contribution in [0, 0.1) is 23.2 Å². The lowest BCUT2D eigenvalue weighted by molar-refractivity contribution is -0.149. The Bertz CT molecular complexity index is 394. The molecule has 0 aromatic carbocycles. The van der Waals surface area contributed by atoms with Gasteiger partial charge in [-0.05, 0) is 69.2 Å². The van der Waals surface area contributed by atoms with E-state index in [-0.39, 0.29) is 18.0 Å². The maximum Gasteiger partial charge on any atom is 0.305 e. The molecule has 0 radical (unpaired) electrons. The van der Waals surface area contributed by atoms with E-state index in [1.54, 1.807) is 0 Å². The molecule has 0 aliphatic heterocycles. The summed E-state index contributed by atoms with van der Waals surface area (Å²) in [6, 6.07) is 0. The largest absolute Gasteiger partial charge is 0.465 e. The van der Waals surface area contributed by atoms with Gasteiger partial charge >= 0.3 is 5.97 Å². The van der Waals surface area contributed by atoms with Crippen molar-refractivity contribution >= 4 is 5.97 Å². The minimum atomic E-state index is -0.0000570. The van der Waals surface area contributed by atoms with Gasteiger partial charge in [-0.3, -0.25) is 4.79 Å². The van der Waals surface area contributed by atoms with Crippen LogP contribution in [0.3, 0.4) is 0 Å². The summed E-state index contributed by atoms with van der Waals surface area (Å²) in [5.74, 6) is 2.59. The van der Waals surface area contributed by atoms with Crippen LogP contribution in [0.15, 0.2) is 0 Å². The monoisotopic (exact) mass is 367 g/mol. The third-order valence-corrected chi connectivity index (χ3v) is 6.31. The van der Waals surface area contributed by atoms with Crippen molar-refractivity contribution < 1.29 is 14.6 Å². The van der Waals surface area contributed by atoms with Gasteiger partial charge in [0.25, 0.3) is 0 Å². The number of nitrogens with one attached hydrogen (secondary N) is 1. The Hall–Kier alpha value is -0.610. The summed E-state index contributed by atoms with van der Waals surface area (Å²) >= 11 is 0. The van der Waals surface area contributed by atoms with Crippen LogP contribution in [-0.4, -0.2) is 37.4 Å². The Morgan fingerprint density at radius 1 is 1.04 bits per heavy atom. The predicted molar refractivity (Wildman–Crippen MR) is 106 cm³/mol. The van der Waals surface area contributed by atoms with Gasteiger partial charge in [-0.2, -0.15) is 0 Å². The van der Waals surface area contributed by atoms with Gasteiger partial charge in [0.2, 0.25) is 0 Å². The summed E-state index contributed by atoms with van der Waals surface area (Å²) < 4.78 is 5.68. The summed E-state index contributed by atoms with van der Waals surface area (Å²) in [7, 11) is 0. The Morgan fingerprint density at radius 2 is 1.69 bits per heavy atom. The number of hydrogen-bond acceptors (Lipinski definition) is 4. The summed E-state index contributed by atoms with van der Waals surface area (Å²) in [6.45, 7) is 7.23. The number of fused-ring (bicyclic) bond motifs is 2. The lowest BCUT2D eigenvalue weighted by atomic mass is 9.60. The minimum Gasteiger partial charge on any atom is -0.465 e. The van der Waals surface area contributed by atoms with Crippen molar-refractivity contribution in [2.24, 2.45) is 23.2 Å². The Labute approximate surface area is 160 Å². The molecule has 2 saturated carbocycles. The number of aliphatic hydroxyl groups excluding tert-OH is 1. The third-order valence-electron chi connectivity index (χ3n) is 6.31.